The van der Waals surface area contributed by atoms with Gasteiger partial charge in [0.15, 0.2) is 18.1 Å². The van der Waals surface area contributed by atoms with E-state index in [1.54, 1.807) is 4.90 Å². The normalized spacial score (nSPS) is 10.6. The Labute approximate surface area is 148 Å². The standard InChI is InChI=1S/C18H27NO6/c1-11(2)19(12(3)4)17(20)10-25-18(21)13-8-15(23-6)16(24-7)9-14(13)22-5/h8-9,11-12H,10H2,1-7H3. The Bertz CT molecular complexity index is 604. The third-order valence-electron chi connectivity index (χ3n) is 3.65. The van der Waals surface area contributed by atoms with E-state index in [9.17, 15) is 9.59 Å². The smallest absolute Gasteiger partial charge is 0.342 e. The van der Waals surface area contributed by atoms with Crippen molar-refractivity contribution in [1.29, 1.82) is 0 Å². The van der Waals surface area contributed by atoms with Gasteiger partial charge in [-0.05, 0) is 27.7 Å². The molecule has 0 unspecified atom stereocenters. The number of carbonyl (C=O) groups excluding carboxylic acids is 2. The average molecular weight is 353 g/mol. The summed E-state index contributed by atoms with van der Waals surface area (Å²) in [6.45, 7) is 7.31. The van der Waals surface area contributed by atoms with Crippen LogP contribution >= 0.6 is 0 Å². The minimum atomic E-state index is -0.668. The van der Waals surface area contributed by atoms with Crippen LogP contribution in [0, 0.1) is 0 Å². The Morgan fingerprint density at radius 2 is 1.36 bits per heavy atom. The zero-order valence-corrected chi connectivity index (χ0v) is 15.9. The molecule has 0 aromatic heterocycles. The van der Waals surface area contributed by atoms with Crippen LogP contribution in [0.15, 0.2) is 12.1 Å². The lowest BCUT2D eigenvalue weighted by atomic mass is 10.1. The molecule has 140 valence electrons. The highest BCUT2D eigenvalue weighted by Crippen LogP contribution is 2.34. The van der Waals surface area contributed by atoms with Gasteiger partial charge < -0.3 is 23.8 Å². The second-order valence-electron chi connectivity index (χ2n) is 5.97. The number of hydrogen-bond donors (Lipinski definition) is 0. The summed E-state index contributed by atoms with van der Waals surface area (Å²) in [5, 5.41) is 0. The maximum absolute atomic E-state index is 12.4. The second-order valence-corrected chi connectivity index (χ2v) is 5.97. The van der Waals surface area contributed by atoms with Crippen molar-refractivity contribution in [2.24, 2.45) is 0 Å². The molecule has 0 saturated heterocycles. The molecule has 0 spiro atoms. The van der Waals surface area contributed by atoms with Crippen molar-refractivity contribution >= 4 is 11.9 Å². The zero-order valence-electron chi connectivity index (χ0n) is 15.9. The van der Waals surface area contributed by atoms with Crippen LogP contribution in [0.25, 0.3) is 0 Å². The lowest BCUT2D eigenvalue weighted by molar-refractivity contribution is -0.138. The molecule has 0 N–H and O–H groups in total. The molecule has 0 atom stereocenters. The summed E-state index contributed by atoms with van der Waals surface area (Å²) in [6.07, 6.45) is 0. The predicted octanol–water partition coefficient (Wildman–Crippen LogP) is 2.51. The Balaban J connectivity index is 2.95. The van der Waals surface area contributed by atoms with Gasteiger partial charge in [0.05, 0.1) is 21.3 Å². The molecule has 0 fully saturated rings. The molecule has 0 aliphatic rings. The summed E-state index contributed by atoms with van der Waals surface area (Å²) in [6, 6.07) is 3.03. The van der Waals surface area contributed by atoms with Crippen molar-refractivity contribution in [2.75, 3.05) is 27.9 Å². The first-order chi connectivity index (χ1) is 11.8. The minimum absolute atomic E-state index is 0.0156. The number of amides is 1. The highest BCUT2D eigenvalue weighted by atomic mass is 16.5. The van der Waals surface area contributed by atoms with Crippen molar-refractivity contribution < 1.29 is 28.5 Å². The fourth-order valence-electron chi connectivity index (χ4n) is 2.64. The molecular formula is C18H27NO6. The largest absolute Gasteiger partial charge is 0.496 e. The Hall–Kier alpha value is -2.44. The number of nitrogens with zero attached hydrogens (tertiary/aromatic N) is 1. The van der Waals surface area contributed by atoms with Crippen molar-refractivity contribution in [3.05, 3.63) is 17.7 Å². The molecule has 1 rings (SSSR count). The van der Waals surface area contributed by atoms with E-state index in [-0.39, 0.29) is 35.9 Å². The highest BCUT2D eigenvalue weighted by molar-refractivity contribution is 5.95. The van der Waals surface area contributed by atoms with Gasteiger partial charge in [-0.15, -0.1) is 0 Å². The van der Waals surface area contributed by atoms with E-state index < -0.39 is 5.97 Å². The minimum Gasteiger partial charge on any atom is -0.496 e. The monoisotopic (exact) mass is 353 g/mol. The molecular weight excluding hydrogens is 326 g/mol. The van der Waals surface area contributed by atoms with E-state index in [4.69, 9.17) is 18.9 Å². The van der Waals surface area contributed by atoms with Gasteiger partial charge in [0.2, 0.25) is 0 Å². The Kier molecular flexibility index (Phi) is 7.54. The first-order valence-corrected chi connectivity index (χ1v) is 8.05. The summed E-state index contributed by atoms with van der Waals surface area (Å²) >= 11 is 0. The van der Waals surface area contributed by atoms with Gasteiger partial charge in [0, 0.05) is 24.2 Å². The number of ether oxygens (including phenoxy) is 4. The van der Waals surface area contributed by atoms with Gasteiger partial charge >= 0.3 is 5.97 Å². The van der Waals surface area contributed by atoms with Crippen LogP contribution in [0.1, 0.15) is 38.1 Å². The maximum Gasteiger partial charge on any atom is 0.342 e. The van der Waals surface area contributed by atoms with Gasteiger partial charge in [-0.25, -0.2) is 4.79 Å². The van der Waals surface area contributed by atoms with Crippen LogP contribution in [0.5, 0.6) is 17.2 Å². The number of methoxy groups -OCH3 is 3. The maximum atomic E-state index is 12.4. The molecule has 0 saturated carbocycles. The molecule has 1 amide bonds. The van der Waals surface area contributed by atoms with Crippen LogP contribution in [0.2, 0.25) is 0 Å². The van der Waals surface area contributed by atoms with Crippen LogP contribution in [0.3, 0.4) is 0 Å². The molecule has 0 radical (unpaired) electrons. The van der Waals surface area contributed by atoms with E-state index in [0.717, 1.165) is 0 Å². The summed E-state index contributed by atoms with van der Waals surface area (Å²) in [4.78, 5) is 26.4. The van der Waals surface area contributed by atoms with E-state index in [1.807, 2.05) is 27.7 Å². The van der Waals surface area contributed by atoms with Gasteiger partial charge in [-0.3, -0.25) is 4.79 Å². The quantitative estimate of drug-likeness (QED) is 0.669. The average Bonchev–Trinajstić information content (AvgIpc) is 2.57. The van der Waals surface area contributed by atoms with Crippen LogP contribution in [-0.4, -0.2) is 56.8 Å². The van der Waals surface area contributed by atoms with E-state index >= 15 is 0 Å². The molecule has 0 aliphatic carbocycles. The van der Waals surface area contributed by atoms with E-state index in [2.05, 4.69) is 0 Å². The fourth-order valence-corrected chi connectivity index (χ4v) is 2.64. The van der Waals surface area contributed by atoms with Crippen molar-refractivity contribution in [2.45, 2.75) is 39.8 Å². The first kappa shape index (κ1) is 20.6. The fraction of sp³-hybridized carbons (Fsp3) is 0.556. The lowest BCUT2D eigenvalue weighted by Crippen LogP contribution is -2.44. The number of rotatable bonds is 8. The Morgan fingerprint density at radius 1 is 0.880 bits per heavy atom. The first-order valence-electron chi connectivity index (χ1n) is 8.05. The van der Waals surface area contributed by atoms with Gasteiger partial charge in [0.1, 0.15) is 11.3 Å². The molecule has 25 heavy (non-hydrogen) atoms. The van der Waals surface area contributed by atoms with E-state index in [1.165, 1.54) is 33.5 Å². The number of carbonyl (C=O) groups is 2. The zero-order chi connectivity index (χ0) is 19.1. The van der Waals surface area contributed by atoms with Crippen LogP contribution in [0.4, 0.5) is 0 Å². The van der Waals surface area contributed by atoms with Gasteiger partial charge in [-0.1, -0.05) is 0 Å². The molecule has 1 aromatic rings. The van der Waals surface area contributed by atoms with Crippen molar-refractivity contribution in [1.82, 2.24) is 4.90 Å². The summed E-state index contributed by atoms with van der Waals surface area (Å²) in [5.74, 6) is 0.154. The van der Waals surface area contributed by atoms with Crippen LogP contribution in [-0.2, 0) is 9.53 Å². The predicted molar refractivity (Wildman–Crippen MR) is 93.5 cm³/mol. The summed E-state index contributed by atoms with van der Waals surface area (Å²) in [5.41, 5.74) is 0.161. The highest BCUT2D eigenvalue weighted by Gasteiger charge is 2.23. The number of benzene rings is 1. The molecule has 7 nitrogen and oxygen atoms in total. The number of hydrogen-bond acceptors (Lipinski definition) is 6. The molecule has 0 heterocycles. The topological polar surface area (TPSA) is 74.3 Å². The summed E-state index contributed by atoms with van der Waals surface area (Å²) < 4.78 is 20.8. The van der Waals surface area contributed by atoms with Crippen LogP contribution < -0.4 is 14.2 Å². The molecule has 0 bridgehead atoms. The number of esters is 1. The lowest BCUT2D eigenvalue weighted by Gasteiger charge is -2.30. The van der Waals surface area contributed by atoms with E-state index in [0.29, 0.717) is 11.5 Å². The third kappa shape index (κ3) is 5.01. The molecule has 1 aromatic carbocycles. The molecule has 0 aliphatic heterocycles. The second kappa shape index (κ2) is 9.15. The SMILES string of the molecule is COc1cc(OC)c(C(=O)OCC(=O)N(C(C)C)C(C)C)cc1OC. The summed E-state index contributed by atoms with van der Waals surface area (Å²) in [7, 11) is 4.38. The molecule has 7 heteroatoms. The third-order valence-corrected chi connectivity index (χ3v) is 3.65. The van der Waals surface area contributed by atoms with Crippen molar-refractivity contribution in [3.63, 3.8) is 0 Å². The Morgan fingerprint density at radius 3 is 1.80 bits per heavy atom. The van der Waals surface area contributed by atoms with Gasteiger partial charge in [0.25, 0.3) is 5.91 Å². The van der Waals surface area contributed by atoms with Crippen molar-refractivity contribution in [3.8, 4) is 17.2 Å². The van der Waals surface area contributed by atoms with Gasteiger partial charge in [-0.2, -0.15) is 0 Å².